The maximum atomic E-state index is 11.5. The Balaban J connectivity index is 2.36. The molecule has 1 aliphatic heterocycles. The Hall–Kier alpha value is -1.06. The van der Waals surface area contributed by atoms with E-state index in [0.717, 1.165) is 38.8 Å². The fourth-order valence-electron chi connectivity index (χ4n) is 2.48. The Bertz CT molecular complexity index is 279. The monoisotopic (exact) mass is 268 g/mol. The lowest BCUT2D eigenvalue weighted by atomic mass is 10.1. The molecule has 0 radical (unpaired) electrons. The molecular weight excluding hydrogens is 240 g/mol. The van der Waals surface area contributed by atoms with Crippen molar-refractivity contribution in [2.24, 2.45) is 0 Å². The Labute approximate surface area is 116 Å². The Morgan fingerprint density at radius 1 is 0.947 bits per heavy atom. The fourth-order valence-corrected chi connectivity index (χ4v) is 2.48. The van der Waals surface area contributed by atoms with Crippen LogP contribution in [0, 0.1) is 0 Å². The lowest BCUT2D eigenvalue weighted by molar-refractivity contribution is -0.129. The van der Waals surface area contributed by atoms with Gasteiger partial charge in [-0.15, -0.1) is 0 Å². The third-order valence-corrected chi connectivity index (χ3v) is 3.70. The average Bonchev–Trinajstić information content (AvgIpc) is 2.38. The Morgan fingerprint density at radius 2 is 1.53 bits per heavy atom. The van der Waals surface area contributed by atoms with Crippen LogP contribution >= 0.6 is 0 Å². The van der Waals surface area contributed by atoms with E-state index >= 15 is 0 Å². The van der Waals surface area contributed by atoms with E-state index in [1.54, 1.807) is 6.92 Å². The normalized spacial score (nSPS) is 21.1. The zero-order valence-corrected chi connectivity index (χ0v) is 12.2. The van der Waals surface area contributed by atoms with Crippen LogP contribution in [0.25, 0.3) is 0 Å². The highest BCUT2D eigenvalue weighted by molar-refractivity contribution is 5.75. The van der Waals surface area contributed by atoms with Gasteiger partial charge in [0.15, 0.2) is 0 Å². The smallest absolute Gasteiger partial charge is 0.219 e. The molecule has 1 heterocycles. The van der Waals surface area contributed by atoms with Crippen molar-refractivity contribution in [3.8, 4) is 0 Å². The van der Waals surface area contributed by atoms with Crippen LogP contribution < -0.4 is 5.32 Å². The number of rotatable bonds is 0. The van der Waals surface area contributed by atoms with Crippen molar-refractivity contribution in [3.05, 3.63) is 0 Å². The molecule has 0 atom stereocenters. The van der Waals surface area contributed by atoms with Crippen molar-refractivity contribution in [3.63, 3.8) is 0 Å². The molecule has 4 heteroatoms. The largest absolute Gasteiger partial charge is 0.356 e. The standard InChI is InChI=1S/C15H28N2O2/c1-14(18)17-12-8-6-4-2-3-5-7-10-15(19)16-11-9-13-17/h2-13H2,1H3,(H,16,19). The van der Waals surface area contributed by atoms with Gasteiger partial charge in [0.05, 0.1) is 0 Å². The summed E-state index contributed by atoms with van der Waals surface area (Å²) < 4.78 is 0. The van der Waals surface area contributed by atoms with Gasteiger partial charge in [0, 0.05) is 33.0 Å². The van der Waals surface area contributed by atoms with Crippen LogP contribution in [-0.4, -0.2) is 36.3 Å². The first-order valence-corrected chi connectivity index (χ1v) is 7.72. The summed E-state index contributed by atoms with van der Waals surface area (Å²) in [5.74, 6) is 0.305. The second kappa shape index (κ2) is 9.82. The lowest BCUT2D eigenvalue weighted by Crippen LogP contribution is -2.33. The molecule has 0 aliphatic carbocycles. The maximum Gasteiger partial charge on any atom is 0.219 e. The number of nitrogens with one attached hydrogen (secondary N) is 1. The molecule has 0 aromatic carbocycles. The van der Waals surface area contributed by atoms with Gasteiger partial charge in [-0.25, -0.2) is 0 Å². The average molecular weight is 268 g/mol. The molecule has 0 bridgehead atoms. The predicted octanol–water partition coefficient (Wildman–Crippen LogP) is 2.48. The van der Waals surface area contributed by atoms with Crippen molar-refractivity contribution in [2.75, 3.05) is 19.6 Å². The van der Waals surface area contributed by atoms with Crippen molar-refractivity contribution in [1.82, 2.24) is 10.2 Å². The molecule has 0 saturated carbocycles. The molecule has 110 valence electrons. The van der Waals surface area contributed by atoms with E-state index in [1.807, 2.05) is 4.90 Å². The zero-order chi connectivity index (χ0) is 13.9. The van der Waals surface area contributed by atoms with Gasteiger partial charge in [-0.3, -0.25) is 9.59 Å². The first kappa shape index (κ1) is 16.0. The predicted molar refractivity (Wildman–Crippen MR) is 76.8 cm³/mol. The number of nitrogens with zero attached hydrogens (tertiary/aromatic N) is 1. The molecule has 2 amide bonds. The summed E-state index contributed by atoms with van der Waals surface area (Å²) in [7, 11) is 0. The number of carbonyl (C=O) groups is 2. The summed E-state index contributed by atoms with van der Waals surface area (Å²) in [5.41, 5.74) is 0. The van der Waals surface area contributed by atoms with E-state index in [1.165, 1.54) is 25.7 Å². The van der Waals surface area contributed by atoms with E-state index in [9.17, 15) is 9.59 Å². The number of hydrogen-bond donors (Lipinski definition) is 1. The molecule has 1 rings (SSSR count). The molecule has 1 N–H and O–H groups in total. The highest BCUT2D eigenvalue weighted by Crippen LogP contribution is 2.10. The van der Waals surface area contributed by atoms with Gasteiger partial charge in [-0.2, -0.15) is 0 Å². The molecule has 0 aromatic heterocycles. The molecule has 1 fully saturated rings. The highest BCUT2D eigenvalue weighted by Gasteiger charge is 2.08. The van der Waals surface area contributed by atoms with E-state index < -0.39 is 0 Å². The van der Waals surface area contributed by atoms with Gasteiger partial charge in [0.25, 0.3) is 0 Å². The Morgan fingerprint density at radius 3 is 2.21 bits per heavy atom. The summed E-state index contributed by atoms with van der Waals surface area (Å²) >= 11 is 0. The van der Waals surface area contributed by atoms with Crippen LogP contribution in [0.2, 0.25) is 0 Å². The molecule has 1 aliphatic rings. The Kier molecular flexibility index (Phi) is 8.26. The minimum absolute atomic E-state index is 0.149. The van der Waals surface area contributed by atoms with Gasteiger partial charge >= 0.3 is 0 Å². The second-order valence-electron chi connectivity index (χ2n) is 5.43. The summed E-state index contributed by atoms with van der Waals surface area (Å²) in [6, 6.07) is 0. The van der Waals surface area contributed by atoms with Crippen molar-refractivity contribution in [1.29, 1.82) is 0 Å². The molecule has 4 nitrogen and oxygen atoms in total. The lowest BCUT2D eigenvalue weighted by Gasteiger charge is -2.21. The van der Waals surface area contributed by atoms with Gasteiger partial charge in [-0.05, 0) is 19.3 Å². The minimum atomic E-state index is 0.149. The SMILES string of the molecule is CC(=O)N1CCCCCCCCCC(=O)NCCC1. The van der Waals surface area contributed by atoms with Crippen LogP contribution in [0.4, 0.5) is 0 Å². The van der Waals surface area contributed by atoms with Crippen LogP contribution in [0.1, 0.15) is 64.7 Å². The van der Waals surface area contributed by atoms with E-state index in [4.69, 9.17) is 0 Å². The van der Waals surface area contributed by atoms with Crippen LogP contribution in [0.3, 0.4) is 0 Å². The van der Waals surface area contributed by atoms with Gasteiger partial charge in [-0.1, -0.05) is 32.1 Å². The molecule has 1 saturated heterocycles. The summed E-state index contributed by atoms with van der Waals surface area (Å²) in [6.45, 7) is 3.94. The van der Waals surface area contributed by atoms with Crippen LogP contribution in [0.5, 0.6) is 0 Å². The van der Waals surface area contributed by atoms with Crippen LogP contribution in [0.15, 0.2) is 0 Å². The molecule has 0 unspecified atom stereocenters. The maximum absolute atomic E-state index is 11.5. The minimum Gasteiger partial charge on any atom is -0.356 e. The first-order valence-electron chi connectivity index (χ1n) is 7.72. The zero-order valence-electron chi connectivity index (χ0n) is 12.2. The van der Waals surface area contributed by atoms with Gasteiger partial charge < -0.3 is 10.2 Å². The number of carbonyl (C=O) groups excluding carboxylic acids is 2. The number of amides is 2. The summed E-state index contributed by atoms with van der Waals surface area (Å²) in [4.78, 5) is 24.9. The van der Waals surface area contributed by atoms with Gasteiger partial charge in [0.1, 0.15) is 0 Å². The first-order chi connectivity index (χ1) is 9.20. The summed E-state index contributed by atoms with van der Waals surface area (Å²) in [6.07, 6.45) is 9.70. The van der Waals surface area contributed by atoms with E-state index in [2.05, 4.69) is 5.32 Å². The van der Waals surface area contributed by atoms with Crippen LogP contribution in [-0.2, 0) is 9.59 Å². The van der Waals surface area contributed by atoms with Crippen molar-refractivity contribution in [2.45, 2.75) is 64.7 Å². The molecule has 0 spiro atoms. The van der Waals surface area contributed by atoms with E-state index in [0.29, 0.717) is 13.0 Å². The second-order valence-corrected chi connectivity index (χ2v) is 5.43. The quantitative estimate of drug-likeness (QED) is 0.733. The topological polar surface area (TPSA) is 49.4 Å². The van der Waals surface area contributed by atoms with Crippen molar-refractivity contribution < 1.29 is 9.59 Å². The molecule has 0 aromatic rings. The highest BCUT2D eigenvalue weighted by atomic mass is 16.2. The van der Waals surface area contributed by atoms with Crippen molar-refractivity contribution >= 4 is 11.8 Å². The summed E-state index contributed by atoms with van der Waals surface area (Å²) in [5, 5.41) is 2.93. The third-order valence-electron chi connectivity index (χ3n) is 3.70. The van der Waals surface area contributed by atoms with E-state index in [-0.39, 0.29) is 11.8 Å². The van der Waals surface area contributed by atoms with Gasteiger partial charge in [0.2, 0.25) is 11.8 Å². The molecule has 19 heavy (non-hydrogen) atoms. The molecular formula is C15H28N2O2. The fraction of sp³-hybridized carbons (Fsp3) is 0.867. The number of hydrogen-bond acceptors (Lipinski definition) is 2. The third kappa shape index (κ3) is 7.85.